The van der Waals surface area contributed by atoms with E-state index in [9.17, 15) is 18.0 Å². The van der Waals surface area contributed by atoms with Crippen LogP contribution in [0.3, 0.4) is 0 Å². The molecular formula is C11H12F3NO2. The lowest BCUT2D eigenvalue weighted by molar-refractivity contribution is -0.165. The lowest BCUT2D eigenvalue weighted by atomic mass is 10.2. The predicted molar refractivity (Wildman–Crippen MR) is 59.1 cm³/mol. The molecule has 0 unspecified atom stereocenters. The summed E-state index contributed by atoms with van der Waals surface area (Å²) in [6.45, 7) is 0. The Morgan fingerprint density at radius 1 is 1.24 bits per heavy atom. The third-order valence-electron chi connectivity index (χ3n) is 1.64. The number of halogens is 3. The average molecular weight is 247 g/mol. The summed E-state index contributed by atoms with van der Waals surface area (Å²) in [5, 5.41) is 7.00. The van der Waals surface area contributed by atoms with E-state index in [1.807, 2.05) is 0 Å². The maximum Gasteiger partial charge on any atom is 0.454 e. The van der Waals surface area contributed by atoms with Gasteiger partial charge in [-0.05, 0) is 23.8 Å². The molecular weight excluding hydrogens is 235 g/mol. The number of hydrogen-bond acceptors (Lipinski definition) is 3. The zero-order valence-electron chi connectivity index (χ0n) is 9.03. The van der Waals surface area contributed by atoms with E-state index >= 15 is 0 Å². The molecule has 0 amide bonds. The van der Waals surface area contributed by atoms with Crippen molar-refractivity contribution in [2.45, 2.75) is 6.18 Å². The Labute approximate surface area is 96.4 Å². The molecule has 0 saturated carbocycles. The largest absolute Gasteiger partial charge is 0.454 e. The number of benzene rings is 1. The topological polar surface area (TPSA) is 63.3 Å². The molecule has 17 heavy (non-hydrogen) atoms. The highest BCUT2D eigenvalue weighted by Crippen LogP contribution is 2.17. The van der Waals surface area contributed by atoms with E-state index in [1.54, 1.807) is 0 Å². The van der Waals surface area contributed by atoms with Gasteiger partial charge in [-0.15, -0.1) is 0 Å². The van der Waals surface area contributed by atoms with Gasteiger partial charge >= 0.3 is 6.18 Å². The fourth-order valence-electron chi connectivity index (χ4n) is 0.874. The molecule has 0 atom stereocenters. The minimum atomic E-state index is -4.82. The van der Waals surface area contributed by atoms with Crippen LogP contribution < -0.4 is 5.73 Å². The van der Waals surface area contributed by atoms with Crippen LogP contribution in [0.25, 0.3) is 6.08 Å². The van der Waals surface area contributed by atoms with Crippen molar-refractivity contribution in [2.75, 3.05) is 12.8 Å². The number of nitrogen functional groups attached to an aromatic ring is 1. The van der Waals surface area contributed by atoms with Gasteiger partial charge in [0.2, 0.25) is 0 Å². The van der Waals surface area contributed by atoms with Gasteiger partial charge in [-0.1, -0.05) is 18.2 Å². The number of aliphatic hydroxyl groups is 1. The van der Waals surface area contributed by atoms with Crippen LogP contribution in [-0.2, 0) is 4.79 Å². The number of allylic oxidation sites excluding steroid dienone is 1. The smallest absolute Gasteiger partial charge is 0.400 e. The Bertz CT molecular complexity index is 383. The van der Waals surface area contributed by atoms with Gasteiger partial charge in [0.15, 0.2) is 0 Å². The van der Waals surface area contributed by atoms with Crippen molar-refractivity contribution in [3.63, 3.8) is 0 Å². The number of carbonyl (C=O) groups is 1. The molecule has 0 spiro atoms. The molecule has 94 valence electrons. The van der Waals surface area contributed by atoms with Crippen LogP contribution in [-0.4, -0.2) is 24.2 Å². The van der Waals surface area contributed by atoms with E-state index in [2.05, 4.69) is 0 Å². The Balaban J connectivity index is 0.00000121. The van der Waals surface area contributed by atoms with Crippen molar-refractivity contribution >= 4 is 17.5 Å². The molecule has 0 fully saturated rings. The second-order valence-corrected chi connectivity index (χ2v) is 2.86. The third-order valence-corrected chi connectivity index (χ3v) is 1.64. The van der Waals surface area contributed by atoms with Crippen molar-refractivity contribution in [1.29, 1.82) is 0 Å². The molecule has 0 bridgehead atoms. The first kappa shape index (κ1) is 15.2. The summed E-state index contributed by atoms with van der Waals surface area (Å²) >= 11 is 0. The highest BCUT2D eigenvalue weighted by atomic mass is 19.4. The van der Waals surface area contributed by atoms with Crippen molar-refractivity contribution in [2.24, 2.45) is 0 Å². The van der Waals surface area contributed by atoms with Crippen molar-refractivity contribution < 1.29 is 23.1 Å². The van der Waals surface area contributed by atoms with Gasteiger partial charge in [-0.25, -0.2) is 0 Å². The maximum absolute atomic E-state index is 11.8. The zero-order chi connectivity index (χ0) is 13.5. The molecule has 0 radical (unpaired) electrons. The summed E-state index contributed by atoms with van der Waals surface area (Å²) in [5.74, 6) is -1.88. The number of nitrogens with two attached hydrogens (primary N) is 1. The van der Waals surface area contributed by atoms with Crippen LogP contribution in [0.2, 0.25) is 0 Å². The molecule has 3 N–H and O–H groups in total. The van der Waals surface area contributed by atoms with E-state index in [4.69, 9.17) is 10.8 Å². The first-order valence-electron chi connectivity index (χ1n) is 4.49. The molecule has 1 rings (SSSR count). The first-order chi connectivity index (χ1) is 7.89. The molecule has 0 heterocycles. The molecule has 1 aromatic rings. The monoisotopic (exact) mass is 247 g/mol. The number of alkyl halides is 3. The van der Waals surface area contributed by atoms with E-state index < -0.39 is 12.0 Å². The quantitative estimate of drug-likeness (QED) is 0.620. The number of carbonyl (C=O) groups excluding carboxylic acids is 1. The Morgan fingerprint density at radius 3 is 2.12 bits per heavy atom. The van der Waals surface area contributed by atoms with Crippen molar-refractivity contribution in [3.05, 3.63) is 35.9 Å². The molecule has 0 aliphatic carbocycles. The predicted octanol–water partition coefficient (Wildman–Crippen LogP) is 2.02. The first-order valence-corrected chi connectivity index (χ1v) is 4.49. The van der Waals surface area contributed by atoms with Gasteiger partial charge in [0.1, 0.15) is 0 Å². The van der Waals surface area contributed by atoms with Gasteiger partial charge < -0.3 is 10.8 Å². The van der Waals surface area contributed by atoms with E-state index in [1.165, 1.54) is 24.3 Å². The van der Waals surface area contributed by atoms with Crippen LogP contribution in [0, 0.1) is 0 Å². The van der Waals surface area contributed by atoms with E-state index in [0.717, 1.165) is 13.2 Å². The van der Waals surface area contributed by atoms with Crippen LogP contribution >= 0.6 is 0 Å². The minimum absolute atomic E-state index is 0.488. The second kappa shape index (κ2) is 6.70. The molecule has 0 aliphatic heterocycles. The van der Waals surface area contributed by atoms with Gasteiger partial charge in [0.05, 0.1) is 0 Å². The van der Waals surface area contributed by atoms with Crippen LogP contribution in [0.15, 0.2) is 30.3 Å². The molecule has 3 nitrogen and oxygen atoms in total. The average Bonchev–Trinajstić information content (AvgIpc) is 2.29. The van der Waals surface area contributed by atoms with Gasteiger partial charge in [0.25, 0.3) is 5.78 Å². The number of anilines is 1. The normalized spacial score (nSPS) is 10.9. The highest BCUT2D eigenvalue weighted by molar-refractivity contribution is 5.97. The lowest BCUT2D eigenvalue weighted by Gasteiger charge is -1.99. The molecule has 0 aliphatic rings. The number of aliphatic hydroxyl groups excluding tert-OH is 1. The summed E-state index contributed by atoms with van der Waals surface area (Å²) in [4.78, 5) is 10.5. The van der Waals surface area contributed by atoms with Crippen LogP contribution in [0.5, 0.6) is 0 Å². The molecule has 1 aromatic carbocycles. The number of hydrogen-bond donors (Lipinski definition) is 2. The fraction of sp³-hybridized carbons (Fsp3) is 0.182. The number of ketones is 1. The third kappa shape index (κ3) is 5.72. The highest BCUT2D eigenvalue weighted by Gasteiger charge is 2.35. The summed E-state index contributed by atoms with van der Waals surface area (Å²) in [5.41, 5.74) is 6.38. The molecule has 0 saturated heterocycles. The Morgan fingerprint density at radius 2 is 1.71 bits per heavy atom. The van der Waals surface area contributed by atoms with Crippen LogP contribution in [0.1, 0.15) is 5.56 Å². The Hall–Kier alpha value is -1.82. The number of rotatable bonds is 2. The molecule has 6 heteroatoms. The summed E-state index contributed by atoms with van der Waals surface area (Å²) in [6, 6.07) is 6.13. The minimum Gasteiger partial charge on any atom is -0.400 e. The maximum atomic E-state index is 11.8. The van der Waals surface area contributed by atoms with E-state index in [0.29, 0.717) is 17.3 Å². The zero-order valence-corrected chi connectivity index (χ0v) is 9.03. The van der Waals surface area contributed by atoms with Gasteiger partial charge in [0, 0.05) is 12.8 Å². The molecule has 0 aromatic heterocycles. The van der Waals surface area contributed by atoms with Gasteiger partial charge in [-0.3, -0.25) is 4.79 Å². The Kier molecular flexibility index (Phi) is 5.98. The summed E-state index contributed by atoms with van der Waals surface area (Å²) in [7, 11) is 1.00. The van der Waals surface area contributed by atoms with Crippen LogP contribution in [0.4, 0.5) is 18.9 Å². The SMILES string of the molecule is CO.Nc1ccc(/C=C/C(=O)C(F)(F)F)cc1. The summed E-state index contributed by atoms with van der Waals surface area (Å²) in [6.07, 6.45) is -3.23. The second-order valence-electron chi connectivity index (χ2n) is 2.86. The van der Waals surface area contributed by atoms with Crippen molar-refractivity contribution in [1.82, 2.24) is 0 Å². The standard InChI is InChI=1S/C10H8F3NO.CH4O/c11-10(12,13)9(15)6-3-7-1-4-8(14)5-2-7;1-2/h1-6H,14H2;2H,1H3/b6-3+;. The van der Waals surface area contributed by atoms with Gasteiger partial charge in [-0.2, -0.15) is 13.2 Å². The lowest BCUT2D eigenvalue weighted by Crippen LogP contribution is -2.19. The van der Waals surface area contributed by atoms with E-state index in [-0.39, 0.29) is 0 Å². The fourth-order valence-corrected chi connectivity index (χ4v) is 0.874. The summed E-state index contributed by atoms with van der Waals surface area (Å²) < 4.78 is 35.4. The van der Waals surface area contributed by atoms with Crippen molar-refractivity contribution in [3.8, 4) is 0 Å².